The molecular weight excluding hydrogens is 331 g/mol. The van der Waals surface area contributed by atoms with Gasteiger partial charge in [0.1, 0.15) is 5.82 Å². The molecule has 0 aliphatic rings. The van der Waals surface area contributed by atoms with Crippen molar-refractivity contribution in [3.63, 3.8) is 0 Å². The van der Waals surface area contributed by atoms with Crippen LogP contribution in [0.4, 0.5) is 10.1 Å². The number of benzene rings is 1. The normalized spacial score (nSPS) is 10.2. The Labute approximate surface area is 133 Å². The Kier molecular flexibility index (Phi) is 4.97. The number of carbonyl (C=O) groups is 2. The predicted octanol–water partition coefficient (Wildman–Crippen LogP) is 1.41. The first-order chi connectivity index (χ1) is 10.9. The molecule has 0 radical (unpaired) electrons. The number of rotatable bonds is 5. The van der Waals surface area contributed by atoms with Gasteiger partial charge in [0.05, 0.1) is 16.8 Å². The summed E-state index contributed by atoms with van der Waals surface area (Å²) in [6.07, 6.45) is 0.951. The van der Waals surface area contributed by atoms with Crippen LogP contribution < -0.4 is 15.7 Å². The molecule has 0 unspecified atom stereocenters. The van der Waals surface area contributed by atoms with Gasteiger partial charge in [0.2, 0.25) is 0 Å². The van der Waals surface area contributed by atoms with Crippen LogP contribution in [0.15, 0.2) is 41.3 Å². The minimum atomic E-state index is -1.24. The number of anilines is 1. The van der Waals surface area contributed by atoms with Crippen LogP contribution >= 0.6 is 11.6 Å². The van der Waals surface area contributed by atoms with Gasteiger partial charge in [-0.2, -0.15) is 4.73 Å². The van der Waals surface area contributed by atoms with E-state index in [0.29, 0.717) is 4.73 Å². The number of pyridine rings is 1. The number of nitrogens with one attached hydrogen (secondary N) is 1. The van der Waals surface area contributed by atoms with Crippen LogP contribution in [0.2, 0.25) is 5.02 Å². The number of amides is 1. The third kappa shape index (κ3) is 4.30. The van der Waals surface area contributed by atoms with Gasteiger partial charge in [-0.05, 0) is 24.3 Å². The van der Waals surface area contributed by atoms with E-state index in [9.17, 15) is 18.8 Å². The number of nitrogens with zero attached hydrogens (tertiary/aromatic N) is 1. The fraction of sp³-hybridized carbons (Fsp3) is 0.0714. The highest BCUT2D eigenvalue weighted by Gasteiger charge is 2.09. The van der Waals surface area contributed by atoms with Crippen molar-refractivity contribution in [1.29, 1.82) is 0 Å². The van der Waals surface area contributed by atoms with E-state index in [4.69, 9.17) is 21.5 Å². The molecule has 9 heteroatoms. The molecule has 23 heavy (non-hydrogen) atoms. The molecule has 2 aromatic rings. The van der Waals surface area contributed by atoms with E-state index in [0.717, 1.165) is 24.4 Å². The third-order valence-electron chi connectivity index (χ3n) is 2.66. The summed E-state index contributed by atoms with van der Waals surface area (Å²) in [5.41, 5.74) is -0.556. The number of carboxylic acids is 1. The maximum Gasteiger partial charge on any atom is 0.337 e. The van der Waals surface area contributed by atoms with Crippen molar-refractivity contribution < 1.29 is 23.9 Å². The molecule has 2 N–H and O–H groups in total. The number of hydrogen-bond acceptors (Lipinski definition) is 4. The van der Waals surface area contributed by atoms with E-state index < -0.39 is 29.9 Å². The Morgan fingerprint density at radius 1 is 1.30 bits per heavy atom. The molecular formula is C14H10ClFN2O5. The first kappa shape index (κ1) is 16.5. The molecule has 0 saturated heterocycles. The second kappa shape index (κ2) is 6.93. The van der Waals surface area contributed by atoms with Crippen LogP contribution in [-0.4, -0.2) is 28.3 Å². The zero-order valence-electron chi connectivity index (χ0n) is 11.5. The van der Waals surface area contributed by atoms with Crippen LogP contribution in [0.1, 0.15) is 10.4 Å². The van der Waals surface area contributed by atoms with Crippen molar-refractivity contribution >= 4 is 29.2 Å². The highest BCUT2D eigenvalue weighted by molar-refractivity contribution is 6.31. The maximum absolute atomic E-state index is 13.0. The number of hydrogen-bond donors (Lipinski definition) is 2. The van der Waals surface area contributed by atoms with Crippen LogP contribution in [0.3, 0.4) is 0 Å². The molecule has 7 nitrogen and oxygen atoms in total. The fourth-order valence-electron chi connectivity index (χ4n) is 1.59. The van der Waals surface area contributed by atoms with E-state index in [1.165, 1.54) is 12.1 Å². The summed E-state index contributed by atoms with van der Waals surface area (Å²) in [7, 11) is 0. The lowest BCUT2D eigenvalue weighted by molar-refractivity contribution is -0.120. The van der Waals surface area contributed by atoms with Crippen molar-refractivity contribution in [3.05, 3.63) is 63.3 Å². The van der Waals surface area contributed by atoms with Crippen LogP contribution in [0.25, 0.3) is 0 Å². The molecule has 0 atom stereocenters. The Hall–Kier alpha value is -2.87. The summed E-state index contributed by atoms with van der Waals surface area (Å²) in [5.74, 6) is -2.51. The minimum Gasteiger partial charge on any atom is -0.478 e. The monoisotopic (exact) mass is 340 g/mol. The third-order valence-corrected chi connectivity index (χ3v) is 2.95. The lowest BCUT2D eigenvalue weighted by Crippen LogP contribution is -2.32. The van der Waals surface area contributed by atoms with Gasteiger partial charge in [0, 0.05) is 11.8 Å². The Bertz CT molecular complexity index is 821. The lowest BCUT2D eigenvalue weighted by atomic mass is 10.3. The lowest BCUT2D eigenvalue weighted by Gasteiger charge is -2.09. The van der Waals surface area contributed by atoms with Gasteiger partial charge in [-0.25, -0.2) is 9.18 Å². The van der Waals surface area contributed by atoms with Crippen LogP contribution in [0, 0.1) is 5.82 Å². The standard InChI is InChI=1S/C14H10ClFN2O5/c15-10-5-9(2-3-11(10)16)17-12(19)7-23-18-6-8(14(21)22)1-4-13(18)20/h1-6H,7H2,(H,17,19)(H,21,22). The number of carboxylic acid groups (broad SMARTS) is 1. The number of halogens is 2. The SMILES string of the molecule is O=C(COn1cc(C(=O)O)ccc1=O)Nc1ccc(F)c(Cl)c1. The van der Waals surface area contributed by atoms with E-state index in [2.05, 4.69) is 5.32 Å². The number of aromatic nitrogens is 1. The molecule has 1 heterocycles. The quantitative estimate of drug-likeness (QED) is 0.857. The van der Waals surface area contributed by atoms with E-state index >= 15 is 0 Å². The highest BCUT2D eigenvalue weighted by atomic mass is 35.5. The van der Waals surface area contributed by atoms with Gasteiger partial charge in [0.25, 0.3) is 11.5 Å². The van der Waals surface area contributed by atoms with Gasteiger partial charge in [-0.1, -0.05) is 11.6 Å². The summed E-state index contributed by atoms with van der Waals surface area (Å²) in [4.78, 5) is 39.0. The smallest absolute Gasteiger partial charge is 0.337 e. The first-order valence-corrected chi connectivity index (χ1v) is 6.59. The molecule has 0 fully saturated rings. The average molecular weight is 341 g/mol. The van der Waals surface area contributed by atoms with Crippen LogP contribution in [0.5, 0.6) is 0 Å². The van der Waals surface area contributed by atoms with Crippen molar-refractivity contribution in [2.45, 2.75) is 0 Å². The Morgan fingerprint density at radius 2 is 2.04 bits per heavy atom. The second-order valence-corrected chi connectivity index (χ2v) is 4.74. The molecule has 0 aliphatic heterocycles. The molecule has 0 spiro atoms. The largest absolute Gasteiger partial charge is 0.478 e. The van der Waals surface area contributed by atoms with Crippen LogP contribution in [-0.2, 0) is 4.79 Å². The summed E-state index contributed by atoms with van der Waals surface area (Å²) < 4.78 is 13.6. The number of carbonyl (C=O) groups excluding carboxylic acids is 1. The molecule has 0 saturated carbocycles. The average Bonchev–Trinajstić information content (AvgIpc) is 2.50. The maximum atomic E-state index is 13.0. The second-order valence-electron chi connectivity index (χ2n) is 4.34. The Balaban J connectivity index is 2.01. The summed E-state index contributed by atoms with van der Waals surface area (Å²) in [5, 5.41) is 11.1. The van der Waals surface area contributed by atoms with Gasteiger partial charge in [0.15, 0.2) is 6.61 Å². The van der Waals surface area contributed by atoms with E-state index in [1.54, 1.807) is 0 Å². The minimum absolute atomic E-state index is 0.158. The zero-order chi connectivity index (χ0) is 17.0. The molecule has 0 bridgehead atoms. The predicted molar refractivity (Wildman–Crippen MR) is 79.1 cm³/mol. The van der Waals surface area contributed by atoms with Crippen molar-refractivity contribution in [1.82, 2.24) is 4.73 Å². The van der Waals surface area contributed by atoms with Crippen molar-refractivity contribution in [2.75, 3.05) is 11.9 Å². The highest BCUT2D eigenvalue weighted by Crippen LogP contribution is 2.19. The van der Waals surface area contributed by atoms with Gasteiger partial charge >= 0.3 is 5.97 Å². The summed E-state index contributed by atoms with van der Waals surface area (Å²) in [6.45, 7) is -0.558. The topological polar surface area (TPSA) is 97.6 Å². The van der Waals surface area contributed by atoms with Gasteiger partial charge in [-0.3, -0.25) is 9.59 Å². The molecule has 120 valence electrons. The summed E-state index contributed by atoms with van der Waals surface area (Å²) >= 11 is 5.58. The van der Waals surface area contributed by atoms with E-state index in [-0.39, 0.29) is 16.3 Å². The van der Waals surface area contributed by atoms with Crippen molar-refractivity contribution in [2.24, 2.45) is 0 Å². The molecule has 1 amide bonds. The first-order valence-electron chi connectivity index (χ1n) is 6.21. The fourth-order valence-corrected chi connectivity index (χ4v) is 1.77. The molecule has 0 aliphatic carbocycles. The van der Waals surface area contributed by atoms with E-state index in [1.807, 2.05) is 0 Å². The van der Waals surface area contributed by atoms with Gasteiger partial charge < -0.3 is 15.3 Å². The molecule has 2 rings (SSSR count). The van der Waals surface area contributed by atoms with Crippen molar-refractivity contribution in [3.8, 4) is 0 Å². The molecule has 1 aromatic heterocycles. The zero-order valence-corrected chi connectivity index (χ0v) is 12.2. The number of aromatic carboxylic acids is 1. The molecule has 1 aromatic carbocycles. The Morgan fingerprint density at radius 3 is 2.70 bits per heavy atom. The summed E-state index contributed by atoms with van der Waals surface area (Å²) in [6, 6.07) is 5.72. The van der Waals surface area contributed by atoms with Gasteiger partial charge in [-0.15, -0.1) is 0 Å².